The lowest BCUT2D eigenvalue weighted by Gasteiger charge is -2.26. The predicted octanol–water partition coefficient (Wildman–Crippen LogP) is -1.73. The maximum Gasteiger partial charge on any atom is 0.326 e. The van der Waals surface area contributed by atoms with E-state index >= 15 is 0 Å². The van der Waals surface area contributed by atoms with E-state index in [9.17, 15) is 34.5 Å². The van der Waals surface area contributed by atoms with E-state index in [0.717, 1.165) is 10.9 Å². The van der Waals surface area contributed by atoms with Crippen molar-refractivity contribution >= 4 is 47.2 Å². The summed E-state index contributed by atoms with van der Waals surface area (Å²) in [7, 11) is 0. The molecule has 0 fully saturated rings. The Kier molecular flexibility index (Phi) is 10.1. The minimum atomic E-state index is -1.52. The van der Waals surface area contributed by atoms with Gasteiger partial charge in [0.25, 0.3) is 0 Å². The van der Waals surface area contributed by atoms with Crippen molar-refractivity contribution in [2.24, 2.45) is 5.73 Å². The first-order valence-electron chi connectivity index (χ1n) is 10.9. The van der Waals surface area contributed by atoms with Crippen molar-refractivity contribution in [1.29, 1.82) is 0 Å². The number of rotatable bonds is 12. The van der Waals surface area contributed by atoms with Gasteiger partial charge in [0.1, 0.15) is 24.2 Å². The second-order valence-electron chi connectivity index (χ2n) is 8.20. The van der Waals surface area contributed by atoms with E-state index in [1.54, 1.807) is 12.3 Å². The van der Waals surface area contributed by atoms with Crippen molar-refractivity contribution in [3.05, 3.63) is 36.0 Å². The monoisotopic (exact) mass is 509 g/mol. The number of aliphatic hydroxyl groups is 2. The standard InChI is InChI=1S/C22H31N5O7S/c1-10(28)17(23)20(31)26-16(9-35)19(30)27-18(11(2)29)21(32)25-15(22(33)34)7-12-8-24-14-6-4-3-5-13(12)14/h3-6,8,10-11,15-18,24,28-29,35H,7,9,23H2,1-2H3,(H,25,32)(H,26,31)(H,27,30)(H,33,34). The van der Waals surface area contributed by atoms with Crippen LogP contribution in [-0.4, -0.2) is 86.1 Å². The number of H-pyrrole nitrogens is 1. The molecule has 12 nitrogen and oxygen atoms in total. The lowest BCUT2D eigenvalue weighted by molar-refractivity contribution is -0.143. The van der Waals surface area contributed by atoms with Gasteiger partial charge in [0, 0.05) is 29.3 Å². The summed E-state index contributed by atoms with van der Waals surface area (Å²) in [6, 6.07) is 1.90. The normalized spacial score (nSPS) is 16.4. The molecule has 2 rings (SSSR count). The number of fused-ring (bicyclic) bond motifs is 1. The number of carboxylic acids is 1. The van der Waals surface area contributed by atoms with Gasteiger partial charge in [0.15, 0.2) is 0 Å². The molecule has 192 valence electrons. The minimum Gasteiger partial charge on any atom is -0.480 e. The zero-order chi connectivity index (χ0) is 26.3. The van der Waals surface area contributed by atoms with Gasteiger partial charge < -0.3 is 42.0 Å². The highest BCUT2D eigenvalue weighted by Gasteiger charge is 2.33. The molecule has 0 spiro atoms. The number of nitrogens with two attached hydrogens (primary N) is 1. The molecule has 35 heavy (non-hydrogen) atoms. The molecule has 1 heterocycles. The van der Waals surface area contributed by atoms with Gasteiger partial charge in [-0.15, -0.1) is 0 Å². The predicted molar refractivity (Wildman–Crippen MR) is 131 cm³/mol. The van der Waals surface area contributed by atoms with E-state index in [4.69, 9.17) is 5.73 Å². The first-order chi connectivity index (χ1) is 16.5. The molecular weight excluding hydrogens is 478 g/mol. The molecule has 1 aromatic heterocycles. The number of thiol groups is 1. The smallest absolute Gasteiger partial charge is 0.326 e. The highest BCUT2D eigenvalue weighted by atomic mass is 32.1. The SMILES string of the molecule is CC(O)C(N)C(=O)NC(CS)C(=O)NC(C(=O)NC(Cc1c[nH]c2ccccc12)C(=O)O)C(C)O. The Bertz CT molecular complexity index is 1060. The van der Waals surface area contributed by atoms with Gasteiger partial charge in [0.05, 0.1) is 12.2 Å². The van der Waals surface area contributed by atoms with Crippen molar-refractivity contribution in [2.45, 2.75) is 56.6 Å². The number of carboxylic acid groups (broad SMARTS) is 1. The Hall–Kier alpha value is -3.13. The Morgan fingerprint density at radius 1 is 0.971 bits per heavy atom. The number of carbonyl (C=O) groups is 4. The summed E-state index contributed by atoms with van der Waals surface area (Å²) < 4.78 is 0. The van der Waals surface area contributed by atoms with Crippen LogP contribution in [0.3, 0.4) is 0 Å². The number of nitrogens with one attached hydrogen (secondary N) is 4. The van der Waals surface area contributed by atoms with E-state index in [1.807, 2.05) is 18.2 Å². The molecule has 3 amide bonds. The van der Waals surface area contributed by atoms with Crippen LogP contribution in [0.1, 0.15) is 19.4 Å². The maximum atomic E-state index is 12.8. The van der Waals surface area contributed by atoms with Gasteiger partial charge in [0.2, 0.25) is 17.7 Å². The van der Waals surface area contributed by atoms with Crippen molar-refractivity contribution < 1.29 is 34.5 Å². The molecule has 0 saturated carbocycles. The zero-order valence-electron chi connectivity index (χ0n) is 19.3. The number of para-hydroxylation sites is 1. The van der Waals surface area contributed by atoms with Crippen LogP contribution in [0, 0.1) is 0 Å². The molecule has 6 atom stereocenters. The van der Waals surface area contributed by atoms with Crippen LogP contribution in [-0.2, 0) is 25.6 Å². The number of hydrogen-bond acceptors (Lipinski definition) is 8. The molecule has 2 aromatic rings. The molecule has 0 radical (unpaired) electrons. The number of benzene rings is 1. The first-order valence-corrected chi connectivity index (χ1v) is 11.5. The first kappa shape index (κ1) is 28.1. The average molecular weight is 510 g/mol. The van der Waals surface area contributed by atoms with Gasteiger partial charge >= 0.3 is 5.97 Å². The summed E-state index contributed by atoms with van der Waals surface area (Å²) in [6.07, 6.45) is -0.950. The lowest BCUT2D eigenvalue weighted by atomic mass is 10.0. The van der Waals surface area contributed by atoms with Crippen LogP contribution >= 0.6 is 12.6 Å². The van der Waals surface area contributed by atoms with Crippen LogP contribution in [0.5, 0.6) is 0 Å². The van der Waals surface area contributed by atoms with E-state index in [0.29, 0.717) is 5.56 Å². The van der Waals surface area contributed by atoms with E-state index < -0.39 is 60.1 Å². The Labute approximate surface area is 207 Å². The van der Waals surface area contributed by atoms with E-state index in [-0.39, 0.29) is 12.2 Å². The highest BCUT2D eigenvalue weighted by Crippen LogP contribution is 2.19. The average Bonchev–Trinajstić information content (AvgIpc) is 3.21. The molecule has 0 saturated heterocycles. The fourth-order valence-corrected chi connectivity index (χ4v) is 3.58. The summed E-state index contributed by atoms with van der Waals surface area (Å²) in [4.78, 5) is 52.4. The third-order valence-corrected chi connectivity index (χ3v) is 5.78. The largest absolute Gasteiger partial charge is 0.480 e. The number of carbonyl (C=O) groups excluding carboxylic acids is 3. The highest BCUT2D eigenvalue weighted by molar-refractivity contribution is 7.80. The van der Waals surface area contributed by atoms with Crippen LogP contribution in [0.15, 0.2) is 30.5 Å². The number of amides is 3. The lowest BCUT2D eigenvalue weighted by Crippen LogP contribution is -2.61. The molecule has 9 N–H and O–H groups in total. The van der Waals surface area contributed by atoms with Crippen LogP contribution in [0.4, 0.5) is 0 Å². The molecule has 0 aliphatic rings. The number of aliphatic hydroxyl groups excluding tert-OH is 2. The molecule has 0 bridgehead atoms. The number of aromatic amines is 1. The van der Waals surface area contributed by atoms with Crippen molar-refractivity contribution in [3.63, 3.8) is 0 Å². The number of aromatic nitrogens is 1. The van der Waals surface area contributed by atoms with Crippen molar-refractivity contribution in [3.8, 4) is 0 Å². The molecule has 0 aliphatic carbocycles. The van der Waals surface area contributed by atoms with Crippen molar-refractivity contribution in [2.75, 3.05) is 5.75 Å². The van der Waals surface area contributed by atoms with Gasteiger partial charge in [-0.2, -0.15) is 12.6 Å². The summed E-state index contributed by atoms with van der Waals surface area (Å²) >= 11 is 4.01. The second-order valence-corrected chi connectivity index (χ2v) is 8.57. The fraction of sp³-hybridized carbons (Fsp3) is 0.455. The minimum absolute atomic E-state index is 0.0435. The second kappa shape index (κ2) is 12.5. The fourth-order valence-electron chi connectivity index (χ4n) is 3.32. The van der Waals surface area contributed by atoms with E-state index in [2.05, 4.69) is 33.6 Å². The molecule has 6 unspecified atom stereocenters. The number of hydrogen-bond donors (Lipinski definition) is 9. The van der Waals surface area contributed by atoms with Crippen LogP contribution in [0.2, 0.25) is 0 Å². The molecule has 0 aliphatic heterocycles. The quantitative estimate of drug-likeness (QED) is 0.150. The Balaban J connectivity index is 2.11. The third kappa shape index (κ3) is 7.42. The summed E-state index contributed by atoms with van der Waals surface area (Å²) in [5, 5.41) is 37.0. The molecular formula is C22H31N5O7S. The Morgan fingerprint density at radius 3 is 2.17 bits per heavy atom. The molecule has 1 aromatic carbocycles. The van der Waals surface area contributed by atoms with Crippen LogP contribution in [0.25, 0.3) is 10.9 Å². The topological polar surface area (TPSA) is 207 Å². The van der Waals surface area contributed by atoms with E-state index in [1.165, 1.54) is 13.8 Å². The third-order valence-electron chi connectivity index (χ3n) is 5.41. The van der Waals surface area contributed by atoms with Crippen molar-refractivity contribution in [1.82, 2.24) is 20.9 Å². The maximum absolute atomic E-state index is 12.8. The Morgan fingerprint density at radius 2 is 1.60 bits per heavy atom. The number of aliphatic carboxylic acids is 1. The molecule has 13 heteroatoms. The van der Waals surface area contributed by atoms with Crippen LogP contribution < -0.4 is 21.7 Å². The van der Waals surface area contributed by atoms with Gasteiger partial charge in [-0.05, 0) is 25.5 Å². The van der Waals surface area contributed by atoms with Gasteiger partial charge in [-0.25, -0.2) is 4.79 Å². The summed E-state index contributed by atoms with van der Waals surface area (Å²) in [5.74, 6) is -4.05. The summed E-state index contributed by atoms with van der Waals surface area (Å²) in [5.41, 5.74) is 7.03. The van der Waals surface area contributed by atoms with Gasteiger partial charge in [-0.3, -0.25) is 14.4 Å². The summed E-state index contributed by atoms with van der Waals surface area (Å²) in [6.45, 7) is 2.56. The van der Waals surface area contributed by atoms with Gasteiger partial charge in [-0.1, -0.05) is 18.2 Å². The zero-order valence-corrected chi connectivity index (χ0v) is 20.2.